The standard InChI is InChI=1S/C86H58N6Si/c1-88-66-44-48-70(49-45-66)90(74-51-53-86-82(59-74)80-39-15-17-41-84(80)92(86)68-28-8-3-9-29-68)72-31-19-23-63(55-72)65-25-21-37-78(57-65)93(75-32-10-4-11-33-75,76-34-12-5-13-35-76)77-36-20-24-64(56-77)62-22-18-30-71(54-62)89(69-46-42-61(60-87)43-47-69)73-50-52-85-81(58-73)79-38-14-16-40-83(79)91(85)67-26-6-2-7-27-67/h2-59H. The molecule has 0 radical (unpaired) electrons. The lowest BCUT2D eigenvalue weighted by molar-refractivity contribution is 1.18. The fourth-order valence-corrected chi connectivity index (χ4v) is 18.9. The molecule has 0 saturated heterocycles. The van der Waals surface area contributed by atoms with E-state index in [0.29, 0.717) is 11.3 Å². The van der Waals surface area contributed by atoms with Crippen molar-refractivity contribution in [1.29, 1.82) is 5.26 Å². The van der Waals surface area contributed by atoms with Crippen LogP contribution in [0.25, 0.3) is 82.1 Å². The largest absolute Gasteiger partial charge is 0.311 e. The van der Waals surface area contributed by atoms with Gasteiger partial charge in [0.2, 0.25) is 0 Å². The van der Waals surface area contributed by atoms with Crippen LogP contribution in [0.4, 0.5) is 39.8 Å². The van der Waals surface area contributed by atoms with Crippen LogP contribution in [0.2, 0.25) is 0 Å². The monoisotopic (exact) mass is 1200 g/mol. The van der Waals surface area contributed by atoms with Gasteiger partial charge in [0.1, 0.15) is 0 Å². The third kappa shape index (κ3) is 9.90. The molecular weight excluding hydrogens is 1150 g/mol. The van der Waals surface area contributed by atoms with Crippen molar-refractivity contribution in [2.24, 2.45) is 0 Å². The molecule has 2 heterocycles. The molecule has 0 unspecified atom stereocenters. The highest BCUT2D eigenvalue weighted by atomic mass is 28.3. The second kappa shape index (κ2) is 23.8. The van der Waals surface area contributed by atoms with Crippen LogP contribution in [0.1, 0.15) is 5.56 Å². The van der Waals surface area contributed by atoms with E-state index in [9.17, 15) is 5.26 Å². The average molecular weight is 1200 g/mol. The van der Waals surface area contributed by atoms with Crippen molar-refractivity contribution in [3.8, 4) is 39.7 Å². The number of rotatable bonds is 14. The van der Waals surface area contributed by atoms with Crippen LogP contribution in [0, 0.1) is 17.9 Å². The Labute approximate surface area is 541 Å². The molecule has 0 spiro atoms. The van der Waals surface area contributed by atoms with E-state index < -0.39 is 8.07 Å². The minimum absolute atomic E-state index is 0.592. The predicted molar refractivity (Wildman–Crippen MR) is 390 cm³/mol. The highest BCUT2D eigenvalue weighted by Crippen LogP contribution is 2.44. The van der Waals surface area contributed by atoms with Gasteiger partial charge in [0, 0.05) is 67.0 Å². The molecule has 2 aromatic heterocycles. The number of hydrogen-bond donors (Lipinski definition) is 0. The maximum atomic E-state index is 9.96. The summed E-state index contributed by atoms with van der Waals surface area (Å²) in [5.74, 6) is 0. The van der Waals surface area contributed by atoms with Gasteiger partial charge in [-0.1, -0.05) is 218 Å². The molecule has 0 saturated carbocycles. The Hall–Kier alpha value is -12.5. The van der Waals surface area contributed by atoms with E-state index in [1.807, 2.05) is 36.4 Å². The van der Waals surface area contributed by atoms with Gasteiger partial charge in [-0.25, -0.2) is 4.85 Å². The summed E-state index contributed by atoms with van der Waals surface area (Å²) in [6, 6.07) is 129. The summed E-state index contributed by atoms with van der Waals surface area (Å²) in [6.07, 6.45) is 0. The second-order valence-corrected chi connectivity index (χ2v) is 27.3. The van der Waals surface area contributed by atoms with Crippen molar-refractivity contribution >= 4 is 112 Å². The van der Waals surface area contributed by atoms with Crippen LogP contribution in [0.3, 0.4) is 0 Å². The molecule has 0 fully saturated rings. The molecule has 93 heavy (non-hydrogen) atoms. The van der Waals surface area contributed by atoms with Gasteiger partial charge in [0.05, 0.1) is 40.3 Å². The first-order valence-corrected chi connectivity index (χ1v) is 33.3. The van der Waals surface area contributed by atoms with E-state index in [4.69, 9.17) is 6.57 Å². The van der Waals surface area contributed by atoms with Crippen molar-refractivity contribution < 1.29 is 0 Å². The first-order chi connectivity index (χ1) is 46.0. The number of benzene rings is 14. The molecule has 0 bridgehead atoms. The van der Waals surface area contributed by atoms with Gasteiger partial charge in [0.15, 0.2) is 13.8 Å². The van der Waals surface area contributed by atoms with E-state index in [1.54, 1.807) is 0 Å². The molecule has 0 N–H and O–H groups in total. The maximum Gasteiger partial charge on any atom is 0.187 e. The fraction of sp³-hybridized carbons (Fsp3) is 0. The van der Waals surface area contributed by atoms with Crippen LogP contribution in [0.15, 0.2) is 352 Å². The molecule has 16 rings (SSSR count). The number of fused-ring (bicyclic) bond motifs is 6. The van der Waals surface area contributed by atoms with Crippen LogP contribution < -0.4 is 30.5 Å². The quantitative estimate of drug-likeness (QED) is 0.0619. The number of nitrogens with zero attached hydrogens (tertiary/aromatic N) is 6. The molecule has 0 atom stereocenters. The lowest BCUT2D eigenvalue weighted by atomic mass is 10.0. The van der Waals surface area contributed by atoms with Crippen molar-refractivity contribution in [2.75, 3.05) is 9.80 Å². The summed E-state index contributed by atoms with van der Waals surface area (Å²) in [5, 5.41) is 19.7. The van der Waals surface area contributed by atoms with E-state index >= 15 is 0 Å². The van der Waals surface area contributed by atoms with Crippen LogP contribution >= 0.6 is 0 Å². The van der Waals surface area contributed by atoms with Gasteiger partial charge >= 0.3 is 0 Å². The molecular formula is C86H58N6Si. The Bertz CT molecular complexity index is 5190. The normalized spacial score (nSPS) is 11.4. The van der Waals surface area contributed by atoms with E-state index in [-0.39, 0.29) is 0 Å². The average Bonchev–Trinajstić information content (AvgIpc) is 1.40. The second-order valence-electron chi connectivity index (χ2n) is 23.5. The molecule has 0 aliphatic heterocycles. The Morgan fingerprint density at radius 2 is 0.634 bits per heavy atom. The lowest BCUT2D eigenvalue weighted by Gasteiger charge is -2.35. The summed E-state index contributed by atoms with van der Waals surface area (Å²) < 4.78 is 4.70. The maximum absolute atomic E-state index is 9.96. The Kier molecular flexibility index (Phi) is 14.3. The molecule has 6 nitrogen and oxygen atoms in total. The minimum Gasteiger partial charge on any atom is -0.311 e. The van der Waals surface area contributed by atoms with Gasteiger partial charge in [-0.05, 0) is 176 Å². The molecule has 0 aliphatic rings. The number of nitriles is 1. The summed E-state index contributed by atoms with van der Waals surface area (Å²) in [5.41, 5.74) is 18.3. The number of anilines is 6. The first kappa shape index (κ1) is 55.8. The highest BCUT2D eigenvalue weighted by molar-refractivity contribution is 7.20. The Morgan fingerprint density at radius 1 is 0.290 bits per heavy atom. The zero-order chi connectivity index (χ0) is 62.2. The lowest BCUT2D eigenvalue weighted by Crippen LogP contribution is -2.74. The fourth-order valence-electron chi connectivity index (χ4n) is 14.1. The van der Waals surface area contributed by atoms with Crippen molar-refractivity contribution in [1.82, 2.24) is 9.13 Å². The summed E-state index contributed by atoms with van der Waals surface area (Å²) >= 11 is 0. The van der Waals surface area contributed by atoms with E-state index in [1.165, 1.54) is 31.5 Å². The molecule has 0 amide bonds. The van der Waals surface area contributed by atoms with Crippen molar-refractivity contribution in [2.45, 2.75) is 0 Å². The summed E-state index contributed by atoms with van der Waals surface area (Å²) in [6.45, 7) is 7.83. The smallest absolute Gasteiger partial charge is 0.187 e. The van der Waals surface area contributed by atoms with E-state index in [0.717, 1.165) is 101 Å². The predicted octanol–water partition coefficient (Wildman–Crippen LogP) is 20.0. The van der Waals surface area contributed by atoms with Crippen LogP contribution in [-0.2, 0) is 0 Å². The van der Waals surface area contributed by atoms with Crippen molar-refractivity contribution in [3.05, 3.63) is 369 Å². The SMILES string of the molecule is [C-]#[N+]c1ccc(N(c2cccc(-c3cccc([Si](c4ccccc4)(c4ccccc4)c4cccc(-c5cccc(N(c6ccc(C#N)cc6)c6ccc7c(c6)c6ccccc6n7-c6ccccc6)c5)c4)c3)c2)c2ccc3c(c2)c2ccccc2n3-c2ccccc2)cc1. The molecule has 436 valence electrons. The summed E-state index contributed by atoms with van der Waals surface area (Å²) in [7, 11) is -3.15. The summed E-state index contributed by atoms with van der Waals surface area (Å²) in [4.78, 5) is 8.40. The zero-order valence-corrected chi connectivity index (χ0v) is 51.7. The molecule has 7 heteroatoms. The molecule has 0 aliphatic carbocycles. The van der Waals surface area contributed by atoms with E-state index in [2.05, 4.69) is 345 Å². The first-order valence-electron chi connectivity index (χ1n) is 31.3. The number of hydrogen-bond acceptors (Lipinski definition) is 3. The van der Waals surface area contributed by atoms with Crippen molar-refractivity contribution in [3.63, 3.8) is 0 Å². The van der Waals surface area contributed by atoms with Gasteiger partial charge in [0.25, 0.3) is 0 Å². The van der Waals surface area contributed by atoms with Crippen LogP contribution in [-0.4, -0.2) is 17.2 Å². The topological polar surface area (TPSA) is 44.5 Å². The van der Waals surface area contributed by atoms with Gasteiger partial charge in [-0.15, -0.1) is 0 Å². The Balaban J connectivity index is 0.822. The number of para-hydroxylation sites is 4. The Morgan fingerprint density at radius 3 is 1.06 bits per heavy atom. The van der Waals surface area contributed by atoms with Gasteiger partial charge < -0.3 is 18.9 Å². The van der Waals surface area contributed by atoms with Gasteiger partial charge in [-0.3, -0.25) is 0 Å². The third-order valence-corrected chi connectivity index (χ3v) is 23.0. The minimum atomic E-state index is -3.15. The third-order valence-electron chi connectivity index (χ3n) is 18.2. The van der Waals surface area contributed by atoms with Crippen LogP contribution in [0.5, 0.6) is 0 Å². The highest BCUT2D eigenvalue weighted by Gasteiger charge is 2.42. The van der Waals surface area contributed by atoms with Gasteiger partial charge in [-0.2, -0.15) is 5.26 Å². The molecule has 14 aromatic carbocycles. The zero-order valence-electron chi connectivity index (χ0n) is 50.7. The number of aromatic nitrogens is 2. The molecule has 16 aromatic rings.